The quantitative estimate of drug-likeness (QED) is 0.630. The summed E-state index contributed by atoms with van der Waals surface area (Å²) in [5, 5.41) is 0.551. The van der Waals surface area contributed by atoms with Crippen LogP contribution in [-0.2, 0) is 0 Å². The molecule has 0 unspecified atom stereocenters. The van der Waals surface area contributed by atoms with Gasteiger partial charge in [0.25, 0.3) is 5.56 Å². The van der Waals surface area contributed by atoms with E-state index in [2.05, 4.69) is 41.8 Å². The Balaban J connectivity index is 2.28. The molecule has 0 saturated heterocycles. The largest absolute Gasteiger partial charge is 0.492 e. The molecule has 7 heteroatoms. The van der Waals surface area contributed by atoms with Gasteiger partial charge in [-0.25, -0.2) is 4.98 Å². The highest BCUT2D eigenvalue weighted by atomic mass is 79.9. The number of hydrogen-bond donors (Lipinski definition) is 1. The number of nitrogens with zero attached hydrogens (tertiary/aromatic N) is 1. The van der Waals surface area contributed by atoms with Gasteiger partial charge in [-0.05, 0) is 57.0 Å². The lowest BCUT2D eigenvalue weighted by atomic mass is 10.1. The number of H-pyrrole nitrogens is 1. The minimum Gasteiger partial charge on any atom is -0.492 e. The second-order valence-corrected chi connectivity index (χ2v) is 6.53. The van der Waals surface area contributed by atoms with E-state index >= 15 is 0 Å². The van der Waals surface area contributed by atoms with Crippen molar-refractivity contribution >= 4 is 42.8 Å². The summed E-state index contributed by atoms with van der Waals surface area (Å²) in [5.41, 5.74) is 1.15. The highest BCUT2D eigenvalue weighted by molar-refractivity contribution is 9.13. The van der Waals surface area contributed by atoms with E-state index in [0.717, 1.165) is 4.47 Å². The number of hydrogen-bond acceptors (Lipinski definition) is 4. The van der Waals surface area contributed by atoms with Crippen molar-refractivity contribution in [1.29, 1.82) is 0 Å². The van der Waals surface area contributed by atoms with E-state index in [1.165, 1.54) is 0 Å². The monoisotopic (exact) mass is 452 g/mol. The number of aromatic amines is 1. The number of benzene rings is 2. The molecule has 5 nitrogen and oxygen atoms in total. The van der Waals surface area contributed by atoms with E-state index < -0.39 is 0 Å². The minimum atomic E-state index is -0.188. The predicted molar refractivity (Wildman–Crippen MR) is 101 cm³/mol. The first-order chi connectivity index (χ1) is 11.6. The molecule has 3 aromatic rings. The van der Waals surface area contributed by atoms with Crippen LogP contribution in [0.2, 0.25) is 0 Å². The lowest BCUT2D eigenvalue weighted by molar-refractivity contribution is 0.310. The Morgan fingerprint density at radius 3 is 2.67 bits per heavy atom. The summed E-state index contributed by atoms with van der Waals surface area (Å²) >= 11 is 7.04. The number of ether oxygens (including phenoxy) is 2. The molecule has 24 heavy (non-hydrogen) atoms. The van der Waals surface area contributed by atoms with Crippen LogP contribution in [0.3, 0.4) is 0 Å². The maximum absolute atomic E-state index is 12.3. The van der Waals surface area contributed by atoms with Crippen molar-refractivity contribution in [3.05, 3.63) is 49.6 Å². The number of aromatic nitrogens is 2. The fourth-order valence-electron chi connectivity index (χ4n) is 2.43. The smallest absolute Gasteiger partial charge is 0.259 e. The van der Waals surface area contributed by atoms with Crippen LogP contribution in [0.25, 0.3) is 22.3 Å². The van der Waals surface area contributed by atoms with Gasteiger partial charge in [0, 0.05) is 10.0 Å². The Morgan fingerprint density at radius 2 is 1.96 bits per heavy atom. The minimum absolute atomic E-state index is 0.188. The standard InChI is InChI=1S/C17H14Br2N2O3/c1-3-24-12-8-10(13(18)14(19)15(12)23-2)16-20-11-7-5-4-6-9(11)17(22)21-16/h4-8H,3H2,1-2H3,(H,20,21,22). The summed E-state index contributed by atoms with van der Waals surface area (Å²) in [7, 11) is 1.57. The molecule has 124 valence electrons. The molecule has 0 amide bonds. The number of fused-ring (bicyclic) bond motifs is 1. The average Bonchev–Trinajstić information content (AvgIpc) is 2.58. The van der Waals surface area contributed by atoms with Crippen LogP contribution in [0, 0.1) is 0 Å². The van der Waals surface area contributed by atoms with Crippen molar-refractivity contribution in [2.45, 2.75) is 6.92 Å². The Labute approximate surface area is 155 Å². The molecule has 0 atom stereocenters. The van der Waals surface area contributed by atoms with Crippen molar-refractivity contribution in [2.24, 2.45) is 0 Å². The summed E-state index contributed by atoms with van der Waals surface area (Å²) in [6, 6.07) is 9.01. The molecule has 0 aliphatic heterocycles. The van der Waals surface area contributed by atoms with Gasteiger partial charge in [-0.1, -0.05) is 12.1 Å². The van der Waals surface area contributed by atoms with Crippen molar-refractivity contribution in [1.82, 2.24) is 9.97 Å². The van der Waals surface area contributed by atoms with Crippen LogP contribution in [0.4, 0.5) is 0 Å². The first-order valence-corrected chi connectivity index (χ1v) is 8.83. The van der Waals surface area contributed by atoms with Crippen LogP contribution in [0.5, 0.6) is 11.5 Å². The molecule has 1 heterocycles. The van der Waals surface area contributed by atoms with Gasteiger partial charge in [0.05, 0.1) is 29.1 Å². The zero-order valence-corrected chi connectivity index (χ0v) is 16.2. The summed E-state index contributed by atoms with van der Waals surface area (Å²) in [5.74, 6) is 1.60. The maximum atomic E-state index is 12.3. The summed E-state index contributed by atoms with van der Waals surface area (Å²) in [4.78, 5) is 19.7. The van der Waals surface area contributed by atoms with E-state index in [1.54, 1.807) is 19.2 Å². The van der Waals surface area contributed by atoms with E-state index in [-0.39, 0.29) is 5.56 Å². The summed E-state index contributed by atoms with van der Waals surface area (Å²) in [6.45, 7) is 2.39. The fraction of sp³-hybridized carbons (Fsp3) is 0.176. The van der Waals surface area contributed by atoms with Gasteiger partial charge in [0.2, 0.25) is 0 Å². The van der Waals surface area contributed by atoms with E-state index in [1.807, 2.05) is 25.1 Å². The molecular formula is C17H14Br2N2O3. The molecule has 0 spiro atoms. The summed E-state index contributed by atoms with van der Waals surface area (Å²) in [6.07, 6.45) is 0. The van der Waals surface area contributed by atoms with Crippen LogP contribution in [0.15, 0.2) is 44.1 Å². The molecule has 0 fully saturated rings. The molecule has 3 rings (SSSR count). The Kier molecular flexibility index (Phi) is 4.91. The predicted octanol–water partition coefficient (Wildman–Crippen LogP) is 4.52. The third-order valence-corrected chi connectivity index (χ3v) is 5.61. The molecule has 0 aliphatic rings. The van der Waals surface area contributed by atoms with Crippen LogP contribution in [-0.4, -0.2) is 23.7 Å². The number of methoxy groups -OCH3 is 1. The van der Waals surface area contributed by atoms with Crippen molar-refractivity contribution in [3.63, 3.8) is 0 Å². The summed E-state index contributed by atoms with van der Waals surface area (Å²) < 4.78 is 12.5. The second kappa shape index (κ2) is 6.94. The number of nitrogens with one attached hydrogen (secondary N) is 1. The van der Waals surface area contributed by atoms with Crippen LogP contribution >= 0.6 is 31.9 Å². The van der Waals surface area contributed by atoms with Gasteiger partial charge in [0.15, 0.2) is 11.5 Å². The molecular weight excluding hydrogens is 440 g/mol. The van der Waals surface area contributed by atoms with Gasteiger partial charge in [0.1, 0.15) is 5.82 Å². The lowest BCUT2D eigenvalue weighted by Gasteiger charge is -2.15. The van der Waals surface area contributed by atoms with E-state index in [0.29, 0.717) is 44.9 Å². The van der Waals surface area contributed by atoms with Crippen LogP contribution < -0.4 is 15.0 Å². The lowest BCUT2D eigenvalue weighted by Crippen LogP contribution is -2.10. The molecule has 0 aliphatic carbocycles. The van der Waals surface area contributed by atoms with Gasteiger partial charge in [-0.15, -0.1) is 0 Å². The zero-order chi connectivity index (χ0) is 17.3. The molecule has 0 saturated carbocycles. The first kappa shape index (κ1) is 17.0. The Morgan fingerprint density at radius 1 is 1.21 bits per heavy atom. The molecule has 1 aromatic heterocycles. The van der Waals surface area contributed by atoms with Gasteiger partial charge >= 0.3 is 0 Å². The Bertz CT molecular complexity index is 970. The third-order valence-electron chi connectivity index (χ3n) is 3.50. The molecule has 0 radical (unpaired) electrons. The van der Waals surface area contributed by atoms with Gasteiger partial charge < -0.3 is 14.5 Å². The van der Waals surface area contributed by atoms with Gasteiger partial charge in [-0.2, -0.15) is 0 Å². The van der Waals surface area contributed by atoms with Crippen molar-refractivity contribution < 1.29 is 9.47 Å². The van der Waals surface area contributed by atoms with Gasteiger partial charge in [-0.3, -0.25) is 4.79 Å². The normalized spacial score (nSPS) is 10.8. The fourth-order valence-corrected chi connectivity index (χ4v) is 3.48. The third kappa shape index (κ3) is 2.93. The molecule has 2 aromatic carbocycles. The average molecular weight is 454 g/mol. The zero-order valence-electron chi connectivity index (χ0n) is 13.0. The van der Waals surface area contributed by atoms with Crippen molar-refractivity contribution in [3.8, 4) is 22.9 Å². The topological polar surface area (TPSA) is 64.2 Å². The van der Waals surface area contributed by atoms with Crippen LogP contribution in [0.1, 0.15) is 6.92 Å². The van der Waals surface area contributed by atoms with E-state index in [4.69, 9.17) is 9.47 Å². The maximum Gasteiger partial charge on any atom is 0.259 e. The second-order valence-electron chi connectivity index (χ2n) is 4.95. The molecule has 1 N–H and O–H groups in total. The number of rotatable bonds is 4. The highest BCUT2D eigenvalue weighted by Gasteiger charge is 2.19. The Hall–Kier alpha value is -1.86. The number of halogens is 2. The van der Waals surface area contributed by atoms with E-state index in [9.17, 15) is 4.79 Å². The SMILES string of the molecule is CCOc1cc(-c2nc3ccccc3c(=O)[nH]2)c(Br)c(Br)c1OC. The highest BCUT2D eigenvalue weighted by Crippen LogP contribution is 2.45. The molecule has 0 bridgehead atoms. The number of para-hydroxylation sites is 1. The van der Waals surface area contributed by atoms with Crippen molar-refractivity contribution in [2.75, 3.05) is 13.7 Å². The first-order valence-electron chi connectivity index (χ1n) is 7.25.